The minimum atomic E-state index is 0.581. The molecule has 5 rings (SSSR count). The van der Waals surface area contributed by atoms with Crippen LogP contribution in [-0.4, -0.2) is 16.2 Å². The van der Waals surface area contributed by atoms with Crippen molar-refractivity contribution < 1.29 is 4.74 Å². The highest BCUT2D eigenvalue weighted by atomic mass is 16.5. The largest absolute Gasteiger partial charge is 0.492 e. The van der Waals surface area contributed by atoms with Crippen molar-refractivity contribution >= 4 is 21.8 Å². The molecule has 0 aliphatic rings. The Kier molecular flexibility index (Phi) is 4.49. The highest BCUT2D eigenvalue weighted by Crippen LogP contribution is 2.26. The summed E-state index contributed by atoms with van der Waals surface area (Å²) in [7, 11) is 0. The van der Waals surface area contributed by atoms with Gasteiger partial charge in [-0.25, -0.2) is 4.98 Å². The lowest BCUT2D eigenvalue weighted by atomic mass is 10.1. The Morgan fingerprint density at radius 2 is 1.62 bits per heavy atom. The number of imidazole rings is 1. The zero-order valence-electron chi connectivity index (χ0n) is 16.4. The topological polar surface area (TPSA) is 27.1 Å². The number of nitrogens with zero attached hydrogens (tertiary/aromatic N) is 2. The summed E-state index contributed by atoms with van der Waals surface area (Å²) >= 11 is 0. The lowest BCUT2D eigenvalue weighted by Gasteiger charge is -2.12. The molecule has 4 aromatic carbocycles. The number of hydrogen-bond acceptors (Lipinski definition) is 2. The van der Waals surface area contributed by atoms with Gasteiger partial charge in [-0.2, -0.15) is 0 Å². The maximum atomic E-state index is 6.10. The van der Waals surface area contributed by atoms with Crippen LogP contribution in [-0.2, 0) is 6.54 Å². The highest BCUT2D eigenvalue weighted by molar-refractivity contribution is 5.83. The van der Waals surface area contributed by atoms with Crippen LogP contribution in [0, 0.1) is 6.92 Å². The maximum absolute atomic E-state index is 6.10. The fourth-order valence-corrected chi connectivity index (χ4v) is 3.82. The maximum Gasteiger partial charge on any atom is 0.141 e. The van der Waals surface area contributed by atoms with Crippen LogP contribution in [0.1, 0.15) is 5.56 Å². The minimum absolute atomic E-state index is 0.581. The van der Waals surface area contributed by atoms with Crippen LogP contribution in [0.25, 0.3) is 33.2 Å². The second kappa shape index (κ2) is 7.44. The second-order valence-corrected chi connectivity index (χ2v) is 7.30. The number of ether oxygens (including phenoxy) is 1. The van der Waals surface area contributed by atoms with Crippen molar-refractivity contribution in [2.24, 2.45) is 0 Å². The minimum Gasteiger partial charge on any atom is -0.492 e. The Bertz CT molecular complexity index is 1300. The normalized spacial score (nSPS) is 11.2. The molecule has 0 N–H and O–H groups in total. The number of fused-ring (bicyclic) bond motifs is 2. The van der Waals surface area contributed by atoms with E-state index in [2.05, 4.69) is 90.4 Å². The molecule has 1 heterocycles. The Hall–Kier alpha value is -3.59. The highest BCUT2D eigenvalue weighted by Gasteiger charge is 2.12. The van der Waals surface area contributed by atoms with Crippen LogP contribution >= 0.6 is 0 Å². The van der Waals surface area contributed by atoms with Crippen molar-refractivity contribution in [3.8, 4) is 17.1 Å². The van der Waals surface area contributed by atoms with Gasteiger partial charge >= 0.3 is 0 Å². The van der Waals surface area contributed by atoms with Crippen molar-refractivity contribution in [1.82, 2.24) is 9.55 Å². The Balaban J connectivity index is 1.44. The van der Waals surface area contributed by atoms with E-state index < -0.39 is 0 Å². The summed E-state index contributed by atoms with van der Waals surface area (Å²) < 4.78 is 8.36. The number of aryl methyl sites for hydroxylation is 1. The van der Waals surface area contributed by atoms with Crippen molar-refractivity contribution in [2.45, 2.75) is 13.5 Å². The molecule has 0 spiro atoms. The van der Waals surface area contributed by atoms with E-state index in [-0.39, 0.29) is 0 Å². The third-order valence-corrected chi connectivity index (χ3v) is 5.24. The van der Waals surface area contributed by atoms with Crippen molar-refractivity contribution in [3.63, 3.8) is 0 Å². The molecule has 0 bridgehead atoms. The Morgan fingerprint density at radius 3 is 2.52 bits per heavy atom. The predicted molar refractivity (Wildman–Crippen MR) is 119 cm³/mol. The van der Waals surface area contributed by atoms with Crippen molar-refractivity contribution in [3.05, 3.63) is 96.6 Å². The SMILES string of the molecule is Cc1cccc(-c2nc3ccccc3n2CCOc2ccc3ccccc3c2)c1. The summed E-state index contributed by atoms with van der Waals surface area (Å²) in [6.45, 7) is 3.42. The average molecular weight is 378 g/mol. The Labute approximate surface area is 170 Å². The predicted octanol–water partition coefficient (Wildman–Crippen LogP) is 6.24. The molecule has 3 nitrogen and oxygen atoms in total. The number of benzene rings is 4. The van der Waals surface area contributed by atoms with E-state index in [4.69, 9.17) is 9.72 Å². The lowest BCUT2D eigenvalue weighted by Crippen LogP contribution is -2.09. The molecule has 1 aromatic heterocycles. The summed E-state index contributed by atoms with van der Waals surface area (Å²) in [5.41, 5.74) is 4.50. The van der Waals surface area contributed by atoms with Crippen molar-refractivity contribution in [1.29, 1.82) is 0 Å². The molecule has 0 amide bonds. The molecule has 0 atom stereocenters. The van der Waals surface area contributed by atoms with Gasteiger partial charge in [0.1, 0.15) is 18.2 Å². The zero-order chi connectivity index (χ0) is 19.6. The summed E-state index contributed by atoms with van der Waals surface area (Å²) in [5, 5.41) is 2.42. The van der Waals surface area contributed by atoms with Crippen LogP contribution in [0.15, 0.2) is 91.0 Å². The van der Waals surface area contributed by atoms with Gasteiger partial charge in [0.15, 0.2) is 0 Å². The third-order valence-electron chi connectivity index (χ3n) is 5.24. The van der Waals surface area contributed by atoms with Crippen LogP contribution in [0.2, 0.25) is 0 Å². The molecule has 0 saturated heterocycles. The fourth-order valence-electron chi connectivity index (χ4n) is 3.82. The molecule has 0 aliphatic heterocycles. The first-order chi connectivity index (χ1) is 14.3. The van der Waals surface area contributed by atoms with Gasteiger partial charge in [-0.05, 0) is 48.0 Å². The number of rotatable bonds is 5. The van der Waals surface area contributed by atoms with Gasteiger partial charge in [0, 0.05) is 5.56 Å². The first-order valence-corrected chi connectivity index (χ1v) is 9.92. The lowest BCUT2D eigenvalue weighted by molar-refractivity contribution is 0.301. The number of para-hydroxylation sites is 2. The van der Waals surface area contributed by atoms with Crippen LogP contribution < -0.4 is 4.74 Å². The van der Waals surface area contributed by atoms with Gasteiger partial charge in [-0.3, -0.25) is 0 Å². The van der Waals surface area contributed by atoms with Crippen LogP contribution in [0.5, 0.6) is 5.75 Å². The molecular formula is C26H22N2O. The van der Waals surface area contributed by atoms with E-state index in [1.807, 2.05) is 12.1 Å². The molecule has 142 valence electrons. The molecule has 0 unspecified atom stereocenters. The van der Waals surface area contributed by atoms with E-state index in [0.29, 0.717) is 6.61 Å². The second-order valence-electron chi connectivity index (χ2n) is 7.30. The first-order valence-electron chi connectivity index (χ1n) is 9.92. The van der Waals surface area contributed by atoms with Crippen molar-refractivity contribution in [2.75, 3.05) is 6.61 Å². The summed E-state index contributed by atoms with van der Waals surface area (Å²) in [6.07, 6.45) is 0. The van der Waals surface area contributed by atoms with Gasteiger partial charge in [0.25, 0.3) is 0 Å². The zero-order valence-corrected chi connectivity index (χ0v) is 16.4. The van der Waals surface area contributed by atoms with Crippen LogP contribution in [0.4, 0.5) is 0 Å². The average Bonchev–Trinajstić information content (AvgIpc) is 3.12. The number of aromatic nitrogens is 2. The first kappa shape index (κ1) is 17.5. The summed E-state index contributed by atoms with van der Waals surface area (Å²) in [6, 6.07) is 31.4. The molecule has 0 radical (unpaired) electrons. The monoisotopic (exact) mass is 378 g/mol. The molecule has 29 heavy (non-hydrogen) atoms. The molecule has 0 aliphatic carbocycles. The molecular weight excluding hydrogens is 356 g/mol. The Morgan fingerprint density at radius 1 is 0.793 bits per heavy atom. The van der Waals surface area contributed by atoms with Gasteiger partial charge in [0.05, 0.1) is 17.6 Å². The van der Waals surface area contributed by atoms with Gasteiger partial charge in [-0.1, -0.05) is 66.2 Å². The van der Waals surface area contributed by atoms with Crippen LogP contribution in [0.3, 0.4) is 0 Å². The quantitative estimate of drug-likeness (QED) is 0.362. The number of hydrogen-bond donors (Lipinski definition) is 0. The third kappa shape index (κ3) is 3.47. The van der Waals surface area contributed by atoms with Gasteiger partial charge in [0.2, 0.25) is 0 Å². The van der Waals surface area contributed by atoms with Gasteiger partial charge < -0.3 is 9.30 Å². The van der Waals surface area contributed by atoms with E-state index in [9.17, 15) is 0 Å². The fraction of sp³-hybridized carbons (Fsp3) is 0.115. The summed E-state index contributed by atoms with van der Waals surface area (Å²) in [5.74, 6) is 1.88. The summed E-state index contributed by atoms with van der Waals surface area (Å²) in [4.78, 5) is 4.90. The van der Waals surface area contributed by atoms with E-state index in [1.165, 1.54) is 16.3 Å². The smallest absolute Gasteiger partial charge is 0.141 e. The standard InChI is InChI=1S/C26H22N2O/c1-19-7-6-10-22(17-19)26-27-24-11-4-5-12-25(24)28(26)15-16-29-23-14-13-20-8-2-3-9-21(20)18-23/h2-14,17-18H,15-16H2,1H3. The molecule has 5 aromatic rings. The molecule has 0 fully saturated rings. The van der Waals surface area contributed by atoms with Gasteiger partial charge in [-0.15, -0.1) is 0 Å². The van der Waals surface area contributed by atoms with E-state index in [0.717, 1.165) is 34.7 Å². The molecule has 0 saturated carbocycles. The van der Waals surface area contributed by atoms with E-state index in [1.54, 1.807) is 0 Å². The van der Waals surface area contributed by atoms with E-state index >= 15 is 0 Å². The molecule has 3 heteroatoms.